The van der Waals surface area contributed by atoms with Crippen molar-refractivity contribution in [3.05, 3.63) is 35.6 Å². The van der Waals surface area contributed by atoms with Gasteiger partial charge in [-0.05, 0) is 36.5 Å². The summed E-state index contributed by atoms with van der Waals surface area (Å²) in [5, 5.41) is 0. The molecule has 1 saturated carbocycles. The van der Waals surface area contributed by atoms with Gasteiger partial charge in [-0.25, -0.2) is 4.39 Å². The van der Waals surface area contributed by atoms with Crippen LogP contribution in [-0.2, 0) is 0 Å². The van der Waals surface area contributed by atoms with Crippen molar-refractivity contribution in [2.45, 2.75) is 25.3 Å². The van der Waals surface area contributed by atoms with Gasteiger partial charge in [-0.15, -0.1) is 0 Å². The molecule has 70 valence electrons. The zero-order chi connectivity index (χ0) is 9.26. The highest BCUT2D eigenvalue weighted by Gasteiger charge is 2.25. The van der Waals surface area contributed by atoms with Gasteiger partial charge in [0.1, 0.15) is 5.82 Å². The Balaban J connectivity index is 2.14. The molecule has 1 aromatic rings. The molecule has 2 N–H and O–H groups in total. The summed E-state index contributed by atoms with van der Waals surface area (Å²) in [6, 6.07) is 6.67. The number of nitrogens with two attached hydrogens (primary N) is 1. The molecule has 0 spiro atoms. The van der Waals surface area contributed by atoms with Crippen molar-refractivity contribution in [3.63, 3.8) is 0 Å². The minimum atomic E-state index is -0.188. The normalized spacial score (nSPS) is 19.5. The molecule has 1 aliphatic rings. The first-order valence-electron chi connectivity index (χ1n) is 4.78. The molecule has 0 aromatic heterocycles. The Morgan fingerprint density at radius 3 is 2.69 bits per heavy atom. The molecule has 1 aliphatic carbocycles. The highest BCUT2D eigenvalue weighted by Crippen LogP contribution is 2.36. The smallest absolute Gasteiger partial charge is 0.123 e. The van der Waals surface area contributed by atoms with E-state index in [9.17, 15) is 4.39 Å². The van der Waals surface area contributed by atoms with Crippen molar-refractivity contribution in [2.24, 2.45) is 11.7 Å². The van der Waals surface area contributed by atoms with E-state index in [1.165, 1.54) is 25.3 Å². The second kappa shape index (κ2) is 3.46. The topological polar surface area (TPSA) is 26.0 Å². The van der Waals surface area contributed by atoms with Gasteiger partial charge in [0.2, 0.25) is 0 Å². The lowest BCUT2D eigenvalue weighted by Crippen LogP contribution is -2.26. The Morgan fingerprint density at radius 1 is 1.38 bits per heavy atom. The van der Waals surface area contributed by atoms with Crippen LogP contribution in [0.1, 0.15) is 30.9 Å². The van der Waals surface area contributed by atoms with E-state index in [4.69, 9.17) is 5.73 Å². The summed E-state index contributed by atoms with van der Waals surface area (Å²) in [5.74, 6) is 0.383. The number of hydrogen-bond acceptors (Lipinski definition) is 1. The van der Waals surface area contributed by atoms with Gasteiger partial charge in [0.05, 0.1) is 0 Å². The van der Waals surface area contributed by atoms with Crippen LogP contribution < -0.4 is 5.73 Å². The van der Waals surface area contributed by atoms with E-state index >= 15 is 0 Å². The summed E-state index contributed by atoms with van der Waals surface area (Å²) in [6.07, 6.45) is 3.66. The largest absolute Gasteiger partial charge is 0.324 e. The van der Waals surface area contributed by atoms with E-state index in [1.807, 2.05) is 6.07 Å². The summed E-state index contributed by atoms with van der Waals surface area (Å²) in [6.45, 7) is 0. The molecule has 1 nitrogen and oxygen atoms in total. The molecule has 0 radical (unpaired) electrons. The Hall–Kier alpha value is -0.890. The van der Waals surface area contributed by atoms with Crippen LogP contribution in [0.3, 0.4) is 0 Å². The number of halogens is 1. The molecular formula is C11H14FN. The highest BCUT2D eigenvalue weighted by molar-refractivity contribution is 5.20. The lowest BCUT2D eigenvalue weighted by atomic mass is 9.77. The van der Waals surface area contributed by atoms with Gasteiger partial charge < -0.3 is 5.73 Å². The van der Waals surface area contributed by atoms with Crippen molar-refractivity contribution in [1.82, 2.24) is 0 Å². The maximum absolute atomic E-state index is 12.9. The van der Waals surface area contributed by atoms with Crippen molar-refractivity contribution in [3.8, 4) is 0 Å². The first-order chi connectivity index (χ1) is 6.27. The SMILES string of the molecule is N[C@H](c1cccc([18F])c1)C1CCC1. The van der Waals surface area contributed by atoms with Crippen LogP contribution in [0.15, 0.2) is 24.3 Å². The van der Waals surface area contributed by atoms with Crippen molar-refractivity contribution in [2.75, 3.05) is 0 Å². The average molecular weight is 178 g/mol. The summed E-state index contributed by atoms with van der Waals surface area (Å²) >= 11 is 0. The number of hydrogen-bond donors (Lipinski definition) is 1. The second-order valence-corrected chi connectivity index (χ2v) is 3.77. The van der Waals surface area contributed by atoms with Gasteiger partial charge in [-0.1, -0.05) is 18.6 Å². The van der Waals surface area contributed by atoms with Crippen LogP contribution >= 0.6 is 0 Å². The number of rotatable bonds is 2. The van der Waals surface area contributed by atoms with E-state index < -0.39 is 0 Å². The Bertz CT molecular complexity index is 294. The van der Waals surface area contributed by atoms with Crippen molar-refractivity contribution in [1.29, 1.82) is 0 Å². The van der Waals surface area contributed by atoms with E-state index in [-0.39, 0.29) is 11.9 Å². The quantitative estimate of drug-likeness (QED) is 0.740. The maximum atomic E-state index is 12.9. The molecule has 1 aromatic carbocycles. The molecule has 1 fully saturated rings. The molecule has 13 heavy (non-hydrogen) atoms. The standard InChI is InChI=1S/C11H14FN/c12-10-6-2-5-9(7-10)11(13)8-3-1-4-8/h2,5-8,11H,1,3-4,13H2/t11-/m0/s1/i12-1. The third-order valence-electron chi connectivity index (χ3n) is 2.89. The minimum absolute atomic E-state index is 0.0319. The lowest BCUT2D eigenvalue weighted by Gasteiger charge is -2.31. The van der Waals surface area contributed by atoms with Gasteiger partial charge in [-0.2, -0.15) is 0 Å². The van der Waals surface area contributed by atoms with E-state index in [0.29, 0.717) is 5.92 Å². The second-order valence-electron chi connectivity index (χ2n) is 3.77. The highest BCUT2D eigenvalue weighted by atomic mass is 18.2. The lowest BCUT2D eigenvalue weighted by molar-refractivity contribution is 0.264. The molecular weight excluding hydrogens is 164 g/mol. The molecule has 1 atom stereocenters. The molecule has 0 aliphatic heterocycles. The van der Waals surface area contributed by atoms with Crippen LogP contribution in [-0.4, -0.2) is 0 Å². The predicted molar refractivity (Wildman–Crippen MR) is 50.7 cm³/mol. The van der Waals surface area contributed by atoms with Gasteiger partial charge in [0, 0.05) is 6.04 Å². The summed E-state index contributed by atoms with van der Waals surface area (Å²) in [4.78, 5) is 0. The van der Waals surface area contributed by atoms with Gasteiger partial charge in [-0.3, -0.25) is 0 Å². The third-order valence-corrected chi connectivity index (χ3v) is 2.89. The Morgan fingerprint density at radius 2 is 2.15 bits per heavy atom. The average Bonchev–Trinajstić information content (AvgIpc) is 2.01. The van der Waals surface area contributed by atoms with Crippen LogP contribution in [0.2, 0.25) is 0 Å². The van der Waals surface area contributed by atoms with E-state index in [2.05, 4.69) is 0 Å². The minimum Gasteiger partial charge on any atom is -0.324 e. The van der Waals surface area contributed by atoms with Gasteiger partial charge in [0.15, 0.2) is 0 Å². The molecule has 2 rings (SSSR count). The first-order valence-corrected chi connectivity index (χ1v) is 4.78. The van der Waals surface area contributed by atoms with Crippen LogP contribution in [0.5, 0.6) is 0 Å². The Labute approximate surface area is 77.8 Å². The molecule has 0 saturated heterocycles. The third kappa shape index (κ3) is 1.73. The molecule has 2 heteroatoms. The summed E-state index contributed by atoms with van der Waals surface area (Å²) < 4.78 is 12.9. The maximum Gasteiger partial charge on any atom is 0.123 e. The van der Waals surface area contributed by atoms with Crippen LogP contribution in [0.4, 0.5) is 4.39 Å². The van der Waals surface area contributed by atoms with Gasteiger partial charge >= 0.3 is 0 Å². The fourth-order valence-corrected chi connectivity index (χ4v) is 1.79. The Kier molecular flexibility index (Phi) is 2.32. The van der Waals surface area contributed by atoms with Crippen molar-refractivity contribution >= 4 is 0 Å². The summed E-state index contributed by atoms with van der Waals surface area (Å²) in [7, 11) is 0. The van der Waals surface area contributed by atoms with Gasteiger partial charge in [0.25, 0.3) is 0 Å². The first kappa shape index (κ1) is 8.70. The fraction of sp³-hybridized carbons (Fsp3) is 0.455. The zero-order valence-corrected chi connectivity index (χ0v) is 7.54. The number of benzene rings is 1. The molecule has 0 heterocycles. The molecule has 0 amide bonds. The molecule has 0 bridgehead atoms. The molecule has 0 unspecified atom stereocenters. The van der Waals surface area contributed by atoms with E-state index in [1.54, 1.807) is 12.1 Å². The van der Waals surface area contributed by atoms with E-state index in [0.717, 1.165) is 5.56 Å². The van der Waals surface area contributed by atoms with Crippen LogP contribution in [0, 0.1) is 11.7 Å². The fourth-order valence-electron chi connectivity index (χ4n) is 1.79. The zero-order valence-electron chi connectivity index (χ0n) is 7.54. The predicted octanol–water partition coefficient (Wildman–Crippen LogP) is 2.63. The van der Waals surface area contributed by atoms with Crippen molar-refractivity contribution < 1.29 is 4.39 Å². The monoisotopic (exact) mass is 178 g/mol. The van der Waals surface area contributed by atoms with Crippen LogP contribution in [0.25, 0.3) is 0 Å². The summed E-state index contributed by atoms with van der Waals surface area (Å²) in [5.41, 5.74) is 6.94.